The highest BCUT2D eigenvalue weighted by atomic mass is 19.1. The van der Waals surface area contributed by atoms with Gasteiger partial charge in [-0.3, -0.25) is 0 Å². The quantitative estimate of drug-likeness (QED) is 0.333. The minimum Gasteiger partial charge on any atom is -0.409 e. The molecular formula is C13H15FN4O2. The molecule has 1 aromatic carbocycles. The monoisotopic (exact) mass is 278 g/mol. The Labute approximate surface area is 115 Å². The summed E-state index contributed by atoms with van der Waals surface area (Å²) in [4.78, 5) is 0. The summed E-state index contributed by atoms with van der Waals surface area (Å²) in [6, 6.07) is 6.53. The van der Waals surface area contributed by atoms with Crippen LogP contribution in [0.2, 0.25) is 0 Å². The first-order valence-electron chi connectivity index (χ1n) is 6.00. The van der Waals surface area contributed by atoms with Gasteiger partial charge in [0.25, 0.3) is 0 Å². The van der Waals surface area contributed by atoms with Crippen molar-refractivity contribution in [3.8, 4) is 0 Å². The van der Waals surface area contributed by atoms with Crippen LogP contribution in [0, 0.1) is 12.7 Å². The molecule has 0 atom stereocenters. The van der Waals surface area contributed by atoms with E-state index in [1.54, 1.807) is 25.1 Å². The number of halogens is 1. The van der Waals surface area contributed by atoms with Gasteiger partial charge in [0.1, 0.15) is 11.6 Å². The molecule has 0 aliphatic carbocycles. The van der Waals surface area contributed by atoms with Gasteiger partial charge < -0.3 is 20.8 Å². The molecule has 4 N–H and O–H groups in total. The zero-order chi connectivity index (χ0) is 14.5. The van der Waals surface area contributed by atoms with Crippen LogP contribution >= 0.6 is 0 Å². The summed E-state index contributed by atoms with van der Waals surface area (Å²) >= 11 is 0. The van der Waals surface area contributed by atoms with E-state index in [0.717, 1.165) is 11.5 Å². The SMILES string of the molecule is Cc1cc(CNCc2cccc(/C(N)=N/O)c2F)no1. The number of benzene rings is 1. The summed E-state index contributed by atoms with van der Waals surface area (Å²) in [7, 11) is 0. The van der Waals surface area contributed by atoms with Crippen molar-refractivity contribution in [1.29, 1.82) is 0 Å². The fourth-order valence-electron chi connectivity index (χ4n) is 1.79. The van der Waals surface area contributed by atoms with Gasteiger partial charge in [-0.1, -0.05) is 22.4 Å². The maximum atomic E-state index is 14.1. The Morgan fingerprint density at radius 2 is 2.30 bits per heavy atom. The summed E-state index contributed by atoms with van der Waals surface area (Å²) in [6.07, 6.45) is 0. The molecule has 0 saturated heterocycles. The average molecular weight is 278 g/mol. The van der Waals surface area contributed by atoms with Gasteiger partial charge in [0.05, 0.1) is 11.3 Å². The highest BCUT2D eigenvalue weighted by Crippen LogP contribution is 2.13. The first-order chi connectivity index (χ1) is 9.61. The third-order valence-corrected chi connectivity index (χ3v) is 2.76. The smallest absolute Gasteiger partial charge is 0.173 e. The van der Waals surface area contributed by atoms with Gasteiger partial charge in [0.15, 0.2) is 5.84 Å². The van der Waals surface area contributed by atoms with E-state index in [1.807, 2.05) is 0 Å². The molecule has 0 fully saturated rings. The molecule has 2 aromatic rings. The predicted octanol–water partition coefficient (Wildman–Crippen LogP) is 1.51. The van der Waals surface area contributed by atoms with Gasteiger partial charge in [0, 0.05) is 24.7 Å². The molecule has 0 aliphatic rings. The number of hydrogen-bond donors (Lipinski definition) is 3. The molecule has 7 heteroatoms. The van der Waals surface area contributed by atoms with E-state index < -0.39 is 5.82 Å². The van der Waals surface area contributed by atoms with Gasteiger partial charge in [-0.15, -0.1) is 0 Å². The van der Waals surface area contributed by atoms with Crippen LogP contribution in [0.3, 0.4) is 0 Å². The fourth-order valence-corrected chi connectivity index (χ4v) is 1.79. The lowest BCUT2D eigenvalue weighted by atomic mass is 10.1. The van der Waals surface area contributed by atoms with Gasteiger partial charge >= 0.3 is 0 Å². The summed E-state index contributed by atoms with van der Waals surface area (Å²) in [5, 5.41) is 18.3. The molecule has 0 spiro atoms. The largest absolute Gasteiger partial charge is 0.409 e. The first-order valence-corrected chi connectivity index (χ1v) is 6.00. The van der Waals surface area contributed by atoms with E-state index in [0.29, 0.717) is 18.7 Å². The summed E-state index contributed by atoms with van der Waals surface area (Å²) in [5.74, 6) is -0.0370. The predicted molar refractivity (Wildman–Crippen MR) is 70.7 cm³/mol. The first kappa shape index (κ1) is 14.0. The van der Waals surface area contributed by atoms with Crippen molar-refractivity contribution >= 4 is 5.84 Å². The minimum absolute atomic E-state index is 0.0732. The van der Waals surface area contributed by atoms with Gasteiger partial charge in [-0.2, -0.15) is 0 Å². The number of amidine groups is 1. The molecule has 106 valence electrons. The van der Waals surface area contributed by atoms with E-state index in [4.69, 9.17) is 15.5 Å². The van der Waals surface area contributed by atoms with Crippen molar-refractivity contribution in [3.63, 3.8) is 0 Å². The molecule has 20 heavy (non-hydrogen) atoms. The number of oxime groups is 1. The van der Waals surface area contributed by atoms with E-state index in [9.17, 15) is 4.39 Å². The Kier molecular flexibility index (Phi) is 4.31. The minimum atomic E-state index is -0.508. The molecule has 2 rings (SSSR count). The van der Waals surface area contributed by atoms with Gasteiger partial charge in [-0.25, -0.2) is 4.39 Å². The van der Waals surface area contributed by atoms with E-state index >= 15 is 0 Å². The van der Waals surface area contributed by atoms with E-state index in [-0.39, 0.29) is 11.4 Å². The summed E-state index contributed by atoms with van der Waals surface area (Å²) in [6.45, 7) is 2.56. The van der Waals surface area contributed by atoms with Crippen molar-refractivity contribution in [2.24, 2.45) is 10.9 Å². The highest BCUT2D eigenvalue weighted by Gasteiger charge is 2.11. The number of nitrogens with two attached hydrogens (primary N) is 1. The lowest BCUT2D eigenvalue weighted by Crippen LogP contribution is -2.18. The van der Waals surface area contributed by atoms with Crippen molar-refractivity contribution in [1.82, 2.24) is 10.5 Å². The van der Waals surface area contributed by atoms with E-state index in [2.05, 4.69) is 15.6 Å². The molecule has 0 radical (unpaired) electrons. The maximum Gasteiger partial charge on any atom is 0.173 e. The van der Waals surface area contributed by atoms with Crippen molar-refractivity contribution in [2.75, 3.05) is 0 Å². The normalized spacial score (nSPS) is 11.8. The van der Waals surface area contributed by atoms with Crippen LogP contribution in [-0.4, -0.2) is 16.2 Å². The molecular weight excluding hydrogens is 263 g/mol. The van der Waals surface area contributed by atoms with Crippen LogP contribution in [0.5, 0.6) is 0 Å². The highest BCUT2D eigenvalue weighted by molar-refractivity contribution is 5.97. The second-order valence-corrected chi connectivity index (χ2v) is 4.30. The molecule has 0 bridgehead atoms. The lowest BCUT2D eigenvalue weighted by molar-refractivity contribution is 0.318. The van der Waals surface area contributed by atoms with Crippen molar-refractivity contribution in [2.45, 2.75) is 20.0 Å². The second kappa shape index (κ2) is 6.16. The number of nitrogens with one attached hydrogen (secondary N) is 1. The fraction of sp³-hybridized carbons (Fsp3) is 0.231. The van der Waals surface area contributed by atoms with Gasteiger partial charge in [-0.05, 0) is 13.0 Å². The number of rotatable bonds is 5. The number of hydrogen-bond acceptors (Lipinski definition) is 5. The molecule has 0 amide bonds. The van der Waals surface area contributed by atoms with Crippen LogP contribution in [0.15, 0.2) is 33.9 Å². The van der Waals surface area contributed by atoms with Crippen LogP contribution < -0.4 is 11.1 Å². The number of nitrogens with zero attached hydrogens (tertiary/aromatic N) is 2. The Hall–Kier alpha value is -2.41. The number of aryl methyl sites for hydroxylation is 1. The molecule has 0 unspecified atom stereocenters. The third-order valence-electron chi connectivity index (χ3n) is 2.76. The Morgan fingerprint density at radius 1 is 1.50 bits per heavy atom. The standard InChI is InChI=1S/C13H15FN4O2/c1-8-5-10(18-20-8)7-16-6-9-3-2-4-11(12(9)14)13(15)17-19/h2-5,16,19H,6-7H2,1H3,(H2,15,17). The Bertz CT molecular complexity index is 625. The average Bonchev–Trinajstić information content (AvgIpc) is 2.85. The zero-order valence-electron chi connectivity index (χ0n) is 10.9. The van der Waals surface area contributed by atoms with Crippen LogP contribution in [-0.2, 0) is 13.1 Å². The molecule has 0 aliphatic heterocycles. The van der Waals surface area contributed by atoms with Crippen LogP contribution in [0.25, 0.3) is 0 Å². The van der Waals surface area contributed by atoms with Crippen molar-refractivity contribution in [3.05, 3.63) is 52.7 Å². The molecule has 1 heterocycles. The zero-order valence-corrected chi connectivity index (χ0v) is 10.9. The maximum absolute atomic E-state index is 14.1. The molecule has 6 nitrogen and oxygen atoms in total. The molecule has 0 saturated carbocycles. The lowest BCUT2D eigenvalue weighted by Gasteiger charge is -2.07. The van der Waals surface area contributed by atoms with Gasteiger partial charge in [0.2, 0.25) is 0 Å². The van der Waals surface area contributed by atoms with Crippen LogP contribution in [0.4, 0.5) is 4.39 Å². The van der Waals surface area contributed by atoms with Crippen molar-refractivity contribution < 1.29 is 14.1 Å². The topological polar surface area (TPSA) is 96.7 Å². The third kappa shape index (κ3) is 3.12. The number of aromatic nitrogens is 1. The Balaban J connectivity index is 2.03. The molecule has 1 aromatic heterocycles. The second-order valence-electron chi connectivity index (χ2n) is 4.30. The van der Waals surface area contributed by atoms with E-state index in [1.165, 1.54) is 6.07 Å². The summed E-state index contributed by atoms with van der Waals surface area (Å²) in [5.41, 5.74) is 6.65. The summed E-state index contributed by atoms with van der Waals surface area (Å²) < 4.78 is 19.0. The van der Waals surface area contributed by atoms with Crippen LogP contribution in [0.1, 0.15) is 22.6 Å². The Morgan fingerprint density at radius 3 is 2.95 bits per heavy atom.